The van der Waals surface area contributed by atoms with E-state index in [1.54, 1.807) is 7.11 Å². The zero-order valence-electron chi connectivity index (χ0n) is 10.2. The predicted octanol–water partition coefficient (Wildman–Crippen LogP) is 2.90. The van der Waals surface area contributed by atoms with Crippen LogP contribution in [-0.2, 0) is 4.74 Å². The van der Waals surface area contributed by atoms with Crippen LogP contribution in [-0.4, -0.2) is 19.8 Å². The molecule has 0 saturated heterocycles. The molecule has 0 spiro atoms. The van der Waals surface area contributed by atoms with E-state index in [-0.39, 0.29) is 11.9 Å². The average Bonchev–Trinajstić information content (AvgIpc) is 2.25. The Morgan fingerprint density at radius 1 is 1.25 bits per heavy atom. The molecular formula is C13H20FNO. The molecule has 0 aliphatic heterocycles. The van der Waals surface area contributed by atoms with E-state index in [9.17, 15) is 4.39 Å². The summed E-state index contributed by atoms with van der Waals surface area (Å²) in [6, 6.07) is 7.26. The second-order valence-electron chi connectivity index (χ2n) is 4.21. The Hall–Kier alpha value is -0.930. The summed E-state index contributed by atoms with van der Waals surface area (Å²) >= 11 is 0. The predicted molar refractivity (Wildman–Crippen MR) is 63.9 cm³/mol. The fourth-order valence-electron chi connectivity index (χ4n) is 1.68. The molecule has 1 aromatic carbocycles. The van der Waals surface area contributed by atoms with Crippen molar-refractivity contribution in [1.29, 1.82) is 0 Å². The van der Waals surface area contributed by atoms with Crippen LogP contribution in [0.5, 0.6) is 0 Å². The molecule has 16 heavy (non-hydrogen) atoms. The summed E-state index contributed by atoms with van der Waals surface area (Å²) in [5.41, 5.74) is 1.10. The van der Waals surface area contributed by atoms with Crippen LogP contribution in [0.15, 0.2) is 24.3 Å². The second-order valence-corrected chi connectivity index (χ2v) is 4.21. The van der Waals surface area contributed by atoms with Crippen molar-refractivity contribution >= 4 is 0 Å². The molecule has 0 aromatic heterocycles. The van der Waals surface area contributed by atoms with E-state index in [0.717, 1.165) is 12.0 Å². The minimum absolute atomic E-state index is 0.196. The Morgan fingerprint density at radius 2 is 1.88 bits per heavy atom. The minimum Gasteiger partial charge on any atom is -0.385 e. The molecule has 3 heteroatoms. The van der Waals surface area contributed by atoms with E-state index in [4.69, 9.17) is 4.74 Å². The van der Waals surface area contributed by atoms with E-state index in [0.29, 0.717) is 12.6 Å². The molecule has 0 fully saturated rings. The van der Waals surface area contributed by atoms with Gasteiger partial charge in [-0.25, -0.2) is 4.39 Å². The van der Waals surface area contributed by atoms with Crippen molar-refractivity contribution in [3.05, 3.63) is 35.6 Å². The molecule has 0 heterocycles. The first kappa shape index (κ1) is 13.1. The molecule has 1 aromatic rings. The average molecular weight is 225 g/mol. The normalized spacial score (nSPS) is 13.1. The fourth-order valence-corrected chi connectivity index (χ4v) is 1.68. The van der Waals surface area contributed by atoms with Gasteiger partial charge in [-0.3, -0.25) is 0 Å². The molecule has 1 N–H and O–H groups in total. The van der Waals surface area contributed by atoms with Gasteiger partial charge >= 0.3 is 0 Å². The molecule has 1 unspecified atom stereocenters. The number of halogens is 1. The SMILES string of the molecule is COCCC(NC(C)C)c1ccc(F)cc1. The molecule has 0 radical (unpaired) electrons. The van der Waals surface area contributed by atoms with Gasteiger partial charge in [0.15, 0.2) is 0 Å². The van der Waals surface area contributed by atoms with Crippen molar-refractivity contribution in [3.63, 3.8) is 0 Å². The fraction of sp³-hybridized carbons (Fsp3) is 0.538. The summed E-state index contributed by atoms with van der Waals surface area (Å²) in [6.07, 6.45) is 0.889. The van der Waals surface area contributed by atoms with Gasteiger partial charge < -0.3 is 10.1 Å². The first-order valence-electron chi connectivity index (χ1n) is 5.64. The maximum atomic E-state index is 12.8. The Morgan fingerprint density at radius 3 is 2.38 bits per heavy atom. The van der Waals surface area contributed by atoms with Gasteiger partial charge in [0.2, 0.25) is 0 Å². The lowest BCUT2D eigenvalue weighted by Crippen LogP contribution is -2.29. The van der Waals surface area contributed by atoms with E-state index in [1.165, 1.54) is 12.1 Å². The number of nitrogens with one attached hydrogen (secondary N) is 1. The second kappa shape index (κ2) is 6.61. The van der Waals surface area contributed by atoms with Crippen LogP contribution in [0, 0.1) is 5.82 Å². The number of benzene rings is 1. The number of hydrogen-bond acceptors (Lipinski definition) is 2. The number of ether oxygens (including phenoxy) is 1. The van der Waals surface area contributed by atoms with Crippen molar-refractivity contribution in [2.24, 2.45) is 0 Å². The van der Waals surface area contributed by atoms with Gasteiger partial charge in [-0.1, -0.05) is 26.0 Å². The Bertz CT molecular complexity index is 297. The highest BCUT2D eigenvalue weighted by atomic mass is 19.1. The lowest BCUT2D eigenvalue weighted by Gasteiger charge is -2.21. The Labute approximate surface area is 96.8 Å². The maximum absolute atomic E-state index is 12.8. The lowest BCUT2D eigenvalue weighted by molar-refractivity contribution is 0.181. The molecule has 0 bridgehead atoms. The van der Waals surface area contributed by atoms with E-state index in [2.05, 4.69) is 19.2 Å². The van der Waals surface area contributed by atoms with Crippen molar-refractivity contribution in [2.45, 2.75) is 32.4 Å². The van der Waals surface area contributed by atoms with Crippen molar-refractivity contribution < 1.29 is 9.13 Å². The molecule has 0 aliphatic rings. The summed E-state index contributed by atoms with van der Waals surface area (Å²) in [5, 5.41) is 3.45. The quantitative estimate of drug-likeness (QED) is 0.803. The van der Waals surface area contributed by atoms with Gasteiger partial charge in [0, 0.05) is 25.8 Å². The number of hydrogen-bond donors (Lipinski definition) is 1. The molecule has 0 aliphatic carbocycles. The third kappa shape index (κ3) is 4.29. The van der Waals surface area contributed by atoms with Gasteiger partial charge in [0.25, 0.3) is 0 Å². The Balaban J connectivity index is 2.70. The van der Waals surface area contributed by atoms with Crippen molar-refractivity contribution in [1.82, 2.24) is 5.32 Å². The highest BCUT2D eigenvalue weighted by Gasteiger charge is 2.12. The van der Waals surface area contributed by atoms with Crippen LogP contribution in [0.2, 0.25) is 0 Å². The highest BCUT2D eigenvalue weighted by Crippen LogP contribution is 2.18. The molecule has 0 saturated carbocycles. The van der Waals surface area contributed by atoms with Gasteiger partial charge in [-0.2, -0.15) is 0 Å². The third-order valence-corrected chi connectivity index (χ3v) is 2.42. The van der Waals surface area contributed by atoms with E-state index in [1.807, 2.05) is 12.1 Å². The van der Waals surface area contributed by atoms with Crippen molar-refractivity contribution in [2.75, 3.05) is 13.7 Å². The van der Waals surface area contributed by atoms with E-state index < -0.39 is 0 Å². The lowest BCUT2D eigenvalue weighted by atomic mass is 10.0. The van der Waals surface area contributed by atoms with Crippen LogP contribution >= 0.6 is 0 Å². The van der Waals surface area contributed by atoms with Gasteiger partial charge in [0.05, 0.1) is 0 Å². The number of rotatable bonds is 6. The smallest absolute Gasteiger partial charge is 0.123 e. The monoisotopic (exact) mass is 225 g/mol. The van der Waals surface area contributed by atoms with Crippen LogP contribution in [0.4, 0.5) is 4.39 Å². The van der Waals surface area contributed by atoms with Gasteiger partial charge in [-0.05, 0) is 24.1 Å². The molecule has 2 nitrogen and oxygen atoms in total. The van der Waals surface area contributed by atoms with E-state index >= 15 is 0 Å². The van der Waals surface area contributed by atoms with Crippen LogP contribution in [0.3, 0.4) is 0 Å². The molecule has 90 valence electrons. The van der Waals surface area contributed by atoms with Crippen LogP contribution in [0.1, 0.15) is 31.9 Å². The van der Waals surface area contributed by atoms with Gasteiger partial charge in [0.1, 0.15) is 5.82 Å². The molecule has 0 amide bonds. The topological polar surface area (TPSA) is 21.3 Å². The maximum Gasteiger partial charge on any atom is 0.123 e. The highest BCUT2D eigenvalue weighted by molar-refractivity contribution is 5.20. The zero-order chi connectivity index (χ0) is 12.0. The summed E-state index contributed by atoms with van der Waals surface area (Å²) < 4.78 is 17.9. The summed E-state index contributed by atoms with van der Waals surface area (Å²) in [5.74, 6) is -0.196. The molecular weight excluding hydrogens is 205 g/mol. The van der Waals surface area contributed by atoms with Crippen LogP contribution in [0.25, 0.3) is 0 Å². The number of methoxy groups -OCH3 is 1. The Kier molecular flexibility index (Phi) is 5.43. The minimum atomic E-state index is -0.196. The largest absolute Gasteiger partial charge is 0.385 e. The zero-order valence-corrected chi connectivity index (χ0v) is 10.2. The summed E-state index contributed by atoms with van der Waals surface area (Å²) in [7, 11) is 1.69. The first-order valence-corrected chi connectivity index (χ1v) is 5.64. The summed E-state index contributed by atoms with van der Waals surface area (Å²) in [4.78, 5) is 0. The third-order valence-electron chi connectivity index (χ3n) is 2.42. The van der Waals surface area contributed by atoms with Crippen molar-refractivity contribution in [3.8, 4) is 0 Å². The molecule has 1 rings (SSSR count). The standard InChI is InChI=1S/C13H20FNO/c1-10(2)15-13(8-9-16-3)11-4-6-12(14)7-5-11/h4-7,10,13,15H,8-9H2,1-3H3. The van der Waals surface area contributed by atoms with Crippen LogP contribution < -0.4 is 5.32 Å². The first-order chi connectivity index (χ1) is 7.63. The summed E-state index contributed by atoms with van der Waals surface area (Å²) in [6.45, 7) is 4.90. The molecule has 1 atom stereocenters. The van der Waals surface area contributed by atoms with Gasteiger partial charge in [-0.15, -0.1) is 0 Å².